The fourth-order valence-electron chi connectivity index (χ4n) is 3.32. The summed E-state index contributed by atoms with van der Waals surface area (Å²) in [5, 5.41) is 0. The molecule has 2 atom stereocenters. The van der Waals surface area contributed by atoms with E-state index >= 15 is 0 Å². The number of ether oxygens (including phenoxy) is 1. The Hall–Kier alpha value is -1.77. The van der Waals surface area contributed by atoms with Crippen LogP contribution in [0.1, 0.15) is 51.3 Å². The van der Waals surface area contributed by atoms with Crippen molar-refractivity contribution in [2.24, 2.45) is 5.92 Å². The van der Waals surface area contributed by atoms with Crippen LogP contribution in [0.2, 0.25) is 0 Å². The van der Waals surface area contributed by atoms with Gasteiger partial charge in [0.1, 0.15) is 6.10 Å². The van der Waals surface area contributed by atoms with Gasteiger partial charge >= 0.3 is 6.09 Å². The van der Waals surface area contributed by atoms with Crippen LogP contribution < -0.4 is 0 Å². The lowest BCUT2D eigenvalue weighted by Crippen LogP contribution is -2.43. The Morgan fingerprint density at radius 2 is 1.91 bits per heavy atom. The quantitative estimate of drug-likeness (QED) is 0.752. The second-order valence-corrected chi connectivity index (χ2v) is 6.54. The molecule has 0 fully saturated rings. The molecule has 0 aliphatic heterocycles. The van der Waals surface area contributed by atoms with E-state index in [-0.39, 0.29) is 30.2 Å². The molecule has 120 valence electrons. The molecule has 0 heterocycles. The van der Waals surface area contributed by atoms with Gasteiger partial charge in [-0.25, -0.2) is 4.79 Å². The highest BCUT2D eigenvalue weighted by molar-refractivity contribution is 5.69. The maximum Gasteiger partial charge on any atom is 0.410 e. The van der Waals surface area contributed by atoms with Gasteiger partial charge in [-0.2, -0.15) is 0 Å². The predicted molar refractivity (Wildman–Crippen MR) is 89.8 cm³/mol. The maximum absolute atomic E-state index is 12.6. The molecule has 1 amide bonds. The number of aryl methyl sites for hydroxylation is 1. The molecule has 22 heavy (non-hydrogen) atoms. The summed E-state index contributed by atoms with van der Waals surface area (Å²) in [5.74, 6) is 0.181. The summed E-state index contributed by atoms with van der Waals surface area (Å²) in [6.45, 7) is 12.0. The normalized spacial score (nSPS) is 20.6. The molecule has 0 spiro atoms. The minimum atomic E-state index is -0.237. The fourth-order valence-corrected chi connectivity index (χ4v) is 3.32. The third kappa shape index (κ3) is 3.34. The second kappa shape index (κ2) is 6.99. The lowest BCUT2D eigenvalue weighted by atomic mass is 9.81. The van der Waals surface area contributed by atoms with Crippen LogP contribution >= 0.6 is 0 Å². The minimum Gasteiger partial charge on any atom is -0.441 e. The summed E-state index contributed by atoms with van der Waals surface area (Å²) >= 11 is 0. The van der Waals surface area contributed by atoms with Crippen molar-refractivity contribution in [2.45, 2.75) is 58.7 Å². The summed E-state index contributed by atoms with van der Waals surface area (Å²) in [6, 6.07) is 8.48. The number of carbonyl (C=O) groups is 1. The van der Waals surface area contributed by atoms with Gasteiger partial charge < -0.3 is 9.64 Å². The van der Waals surface area contributed by atoms with Crippen LogP contribution in [0.3, 0.4) is 0 Å². The van der Waals surface area contributed by atoms with E-state index < -0.39 is 0 Å². The van der Waals surface area contributed by atoms with Crippen LogP contribution in [0.4, 0.5) is 4.79 Å². The summed E-state index contributed by atoms with van der Waals surface area (Å²) in [6.07, 6.45) is 3.44. The monoisotopic (exact) mass is 301 g/mol. The van der Waals surface area contributed by atoms with Gasteiger partial charge in [0.25, 0.3) is 0 Å². The van der Waals surface area contributed by atoms with E-state index in [2.05, 4.69) is 18.7 Å². The van der Waals surface area contributed by atoms with Gasteiger partial charge in [-0.15, -0.1) is 6.58 Å². The van der Waals surface area contributed by atoms with Crippen molar-refractivity contribution in [3.8, 4) is 0 Å². The molecule has 1 aromatic rings. The molecule has 3 heteroatoms. The molecule has 1 aliphatic rings. The van der Waals surface area contributed by atoms with Crippen molar-refractivity contribution in [3.63, 3.8) is 0 Å². The standard InChI is InChI=1S/C19H27NO2/c1-6-15-11-12-16-9-7-8-10-17(16)18(15)22-19(21)20(13(2)3)14(4)5/h6-10,13-15,18H,1,11-12H2,2-5H3/t15-,18+/m1/s1. The molecule has 0 N–H and O–H groups in total. The Balaban J connectivity index is 2.26. The van der Waals surface area contributed by atoms with Gasteiger partial charge in [-0.1, -0.05) is 30.3 Å². The third-order valence-corrected chi connectivity index (χ3v) is 4.35. The lowest BCUT2D eigenvalue weighted by molar-refractivity contribution is 0.0240. The zero-order valence-corrected chi connectivity index (χ0v) is 14.1. The highest BCUT2D eigenvalue weighted by Gasteiger charge is 2.33. The van der Waals surface area contributed by atoms with Crippen molar-refractivity contribution in [1.82, 2.24) is 4.90 Å². The molecular formula is C19H27NO2. The Kier molecular flexibility index (Phi) is 5.28. The Bertz CT molecular complexity index is 528. The number of fused-ring (bicyclic) bond motifs is 1. The Labute approximate surface area is 134 Å². The average Bonchev–Trinajstić information content (AvgIpc) is 2.46. The van der Waals surface area contributed by atoms with Crippen LogP contribution in [0.5, 0.6) is 0 Å². The predicted octanol–water partition coefficient (Wildman–Crippen LogP) is 4.73. The van der Waals surface area contributed by atoms with Gasteiger partial charge in [0.2, 0.25) is 0 Å². The fraction of sp³-hybridized carbons (Fsp3) is 0.526. The first-order chi connectivity index (χ1) is 10.5. The summed E-state index contributed by atoms with van der Waals surface area (Å²) in [5.41, 5.74) is 2.40. The molecule has 1 aliphatic carbocycles. The van der Waals surface area contributed by atoms with E-state index in [0.29, 0.717) is 0 Å². The molecular weight excluding hydrogens is 274 g/mol. The van der Waals surface area contributed by atoms with Gasteiger partial charge in [-0.05, 0) is 51.7 Å². The smallest absolute Gasteiger partial charge is 0.410 e. The number of hydrogen-bond acceptors (Lipinski definition) is 2. The topological polar surface area (TPSA) is 29.5 Å². The number of benzene rings is 1. The lowest BCUT2D eigenvalue weighted by Gasteiger charge is -2.35. The van der Waals surface area contributed by atoms with E-state index in [4.69, 9.17) is 4.74 Å². The Morgan fingerprint density at radius 1 is 1.27 bits per heavy atom. The molecule has 1 aromatic carbocycles. The molecule has 0 bridgehead atoms. The summed E-state index contributed by atoms with van der Waals surface area (Å²) in [4.78, 5) is 14.4. The van der Waals surface area contributed by atoms with Crippen LogP contribution in [-0.2, 0) is 11.2 Å². The highest BCUT2D eigenvalue weighted by Crippen LogP contribution is 2.38. The van der Waals surface area contributed by atoms with Crippen molar-refractivity contribution < 1.29 is 9.53 Å². The van der Waals surface area contributed by atoms with Gasteiger partial charge in [-0.3, -0.25) is 0 Å². The highest BCUT2D eigenvalue weighted by atomic mass is 16.6. The Morgan fingerprint density at radius 3 is 2.50 bits per heavy atom. The first-order valence-electron chi connectivity index (χ1n) is 8.15. The van der Waals surface area contributed by atoms with Crippen LogP contribution in [0.25, 0.3) is 0 Å². The molecule has 0 saturated heterocycles. The number of carbonyl (C=O) groups excluding carboxylic acids is 1. The largest absolute Gasteiger partial charge is 0.441 e. The molecule has 0 unspecified atom stereocenters. The zero-order chi connectivity index (χ0) is 16.3. The van der Waals surface area contributed by atoms with Gasteiger partial charge in [0, 0.05) is 18.0 Å². The van der Waals surface area contributed by atoms with E-state index in [1.165, 1.54) is 5.56 Å². The number of rotatable bonds is 4. The van der Waals surface area contributed by atoms with E-state index in [1.807, 2.05) is 45.9 Å². The molecule has 0 aromatic heterocycles. The van der Waals surface area contributed by atoms with Crippen molar-refractivity contribution >= 4 is 6.09 Å². The van der Waals surface area contributed by atoms with Gasteiger partial charge in [0.15, 0.2) is 0 Å². The first kappa shape index (κ1) is 16.6. The third-order valence-electron chi connectivity index (χ3n) is 4.35. The number of hydrogen-bond donors (Lipinski definition) is 0. The van der Waals surface area contributed by atoms with Crippen molar-refractivity contribution in [1.29, 1.82) is 0 Å². The zero-order valence-electron chi connectivity index (χ0n) is 14.1. The second-order valence-electron chi connectivity index (χ2n) is 6.54. The molecule has 0 saturated carbocycles. The van der Waals surface area contributed by atoms with Crippen LogP contribution in [-0.4, -0.2) is 23.1 Å². The average molecular weight is 301 g/mol. The minimum absolute atomic E-state index is 0.119. The molecule has 0 radical (unpaired) electrons. The van der Waals surface area contributed by atoms with E-state index in [0.717, 1.165) is 18.4 Å². The van der Waals surface area contributed by atoms with Crippen LogP contribution in [0, 0.1) is 5.92 Å². The van der Waals surface area contributed by atoms with Crippen molar-refractivity contribution in [3.05, 3.63) is 48.0 Å². The number of nitrogens with zero attached hydrogens (tertiary/aromatic N) is 1. The maximum atomic E-state index is 12.6. The van der Waals surface area contributed by atoms with Gasteiger partial charge in [0.05, 0.1) is 0 Å². The van der Waals surface area contributed by atoms with E-state index in [1.54, 1.807) is 4.90 Å². The first-order valence-corrected chi connectivity index (χ1v) is 8.15. The molecule has 2 rings (SSSR count). The number of amides is 1. The SMILES string of the molecule is C=C[C@@H]1CCc2ccccc2[C@H]1OC(=O)N(C(C)C)C(C)C. The summed E-state index contributed by atoms with van der Waals surface area (Å²) < 4.78 is 5.92. The van der Waals surface area contributed by atoms with E-state index in [9.17, 15) is 4.79 Å². The van der Waals surface area contributed by atoms with Crippen LogP contribution in [0.15, 0.2) is 36.9 Å². The van der Waals surface area contributed by atoms with Crippen molar-refractivity contribution in [2.75, 3.05) is 0 Å². The summed E-state index contributed by atoms with van der Waals surface area (Å²) in [7, 11) is 0. The molecule has 3 nitrogen and oxygen atoms in total.